The third-order valence-corrected chi connectivity index (χ3v) is 6.33. The van der Waals surface area contributed by atoms with Gasteiger partial charge < -0.3 is 5.32 Å². The zero-order valence-corrected chi connectivity index (χ0v) is 16.0. The van der Waals surface area contributed by atoms with Crippen LogP contribution in [0.1, 0.15) is 24.5 Å². The van der Waals surface area contributed by atoms with Crippen molar-refractivity contribution in [3.05, 3.63) is 65.0 Å². The molecule has 3 rings (SSSR count). The van der Waals surface area contributed by atoms with E-state index >= 15 is 0 Å². The number of aryl methyl sites for hydroxylation is 1. The zero-order valence-electron chi connectivity index (χ0n) is 15.2. The summed E-state index contributed by atoms with van der Waals surface area (Å²) >= 11 is 0. The van der Waals surface area contributed by atoms with Crippen LogP contribution in [0.5, 0.6) is 0 Å². The molecule has 1 saturated heterocycles. The molecule has 0 saturated carbocycles. The van der Waals surface area contributed by atoms with E-state index in [9.17, 15) is 17.6 Å². The first-order chi connectivity index (χ1) is 12.8. The Kier molecular flexibility index (Phi) is 5.32. The van der Waals surface area contributed by atoms with Gasteiger partial charge in [-0.25, -0.2) is 12.8 Å². The monoisotopic (exact) mass is 388 g/mol. The van der Waals surface area contributed by atoms with Gasteiger partial charge in [0.2, 0.25) is 10.0 Å². The number of rotatable bonds is 4. The van der Waals surface area contributed by atoms with E-state index < -0.39 is 15.8 Å². The van der Waals surface area contributed by atoms with Crippen molar-refractivity contribution in [3.63, 3.8) is 0 Å². The van der Waals surface area contributed by atoms with Crippen molar-refractivity contribution in [1.82, 2.24) is 0 Å². The second-order valence-electron chi connectivity index (χ2n) is 6.55. The molecule has 1 heterocycles. The Labute approximate surface area is 158 Å². The maximum Gasteiger partial charge on any atom is 0.251 e. The first kappa shape index (κ1) is 19.1. The summed E-state index contributed by atoms with van der Waals surface area (Å²) in [6, 6.07) is 11.4. The van der Waals surface area contributed by atoms with Crippen LogP contribution in [0.2, 0.25) is 0 Å². The lowest BCUT2D eigenvalue weighted by molar-refractivity contribution is -0.112. The van der Waals surface area contributed by atoms with Crippen molar-refractivity contribution in [1.29, 1.82) is 0 Å². The second kappa shape index (κ2) is 7.52. The number of hydrogen-bond acceptors (Lipinski definition) is 3. The average Bonchev–Trinajstić information content (AvgIpc) is 2.97. The summed E-state index contributed by atoms with van der Waals surface area (Å²) in [4.78, 5) is 12.4. The molecule has 0 unspecified atom stereocenters. The summed E-state index contributed by atoms with van der Waals surface area (Å²) in [5.41, 5.74) is 2.55. The summed E-state index contributed by atoms with van der Waals surface area (Å²) in [7, 11) is -3.30. The second-order valence-corrected chi connectivity index (χ2v) is 8.56. The summed E-state index contributed by atoms with van der Waals surface area (Å²) in [5, 5.41) is 2.75. The standard InChI is InChI=1S/C20H21FN2O3S/c1-14-8-9-17(13-19(14)23-10-5-11-27(23,25)26)22-20(24)15(2)12-16-6-3-4-7-18(16)21/h3-4,6-9,12-13H,5,10-11H2,1-2H3,(H,22,24)/b15-12+. The molecule has 1 aliphatic heterocycles. The molecule has 0 aromatic heterocycles. The Hall–Kier alpha value is -2.67. The average molecular weight is 388 g/mol. The maximum atomic E-state index is 13.7. The van der Waals surface area contributed by atoms with Gasteiger partial charge in [-0.2, -0.15) is 0 Å². The number of anilines is 2. The number of sulfonamides is 1. The van der Waals surface area contributed by atoms with Crippen LogP contribution in [0, 0.1) is 12.7 Å². The molecule has 1 N–H and O–H groups in total. The molecule has 0 aliphatic carbocycles. The number of nitrogens with zero attached hydrogens (tertiary/aromatic N) is 1. The molecule has 142 valence electrons. The van der Waals surface area contributed by atoms with E-state index in [1.165, 1.54) is 16.4 Å². The number of nitrogens with one attached hydrogen (secondary N) is 1. The molecule has 0 spiro atoms. The largest absolute Gasteiger partial charge is 0.322 e. The summed E-state index contributed by atoms with van der Waals surface area (Å²) in [5.74, 6) is -0.646. The molecule has 0 atom stereocenters. The van der Waals surface area contributed by atoms with Crippen molar-refractivity contribution < 1.29 is 17.6 Å². The molecule has 7 heteroatoms. The van der Waals surface area contributed by atoms with E-state index in [1.807, 2.05) is 6.92 Å². The lowest BCUT2D eigenvalue weighted by atomic mass is 10.1. The highest BCUT2D eigenvalue weighted by Gasteiger charge is 2.29. The van der Waals surface area contributed by atoms with Crippen LogP contribution in [0.3, 0.4) is 0 Å². The fourth-order valence-corrected chi connectivity index (χ4v) is 4.60. The van der Waals surface area contributed by atoms with Gasteiger partial charge in [-0.3, -0.25) is 9.10 Å². The Morgan fingerprint density at radius 1 is 1.22 bits per heavy atom. The van der Waals surface area contributed by atoms with Crippen LogP contribution in [0.15, 0.2) is 48.0 Å². The van der Waals surface area contributed by atoms with Crippen LogP contribution in [0.25, 0.3) is 6.08 Å². The van der Waals surface area contributed by atoms with E-state index in [0.717, 1.165) is 5.56 Å². The molecule has 1 amide bonds. The molecule has 1 aliphatic rings. The molecule has 2 aromatic rings. The van der Waals surface area contributed by atoms with Gasteiger partial charge in [0.05, 0.1) is 11.4 Å². The molecule has 0 bridgehead atoms. The Morgan fingerprint density at radius 2 is 1.96 bits per heavy atom. The van der Waals surface area contributed by atoms with Crippen LogP contribution < -0.4 is 9.62 Å². The SMILES string of the molecule is C/C(=C\c1ccccc1F)C(=O)Nc1ccc(C)c(N2CCCS2(=O)=O)c1. The topological polar surface area (TPSA) is 66.5 Å². The first-order valence-corrected chi connectivity index (χ1v) is 10.2. The van der Waals surface area contributed by atoms with Gasteiger partial charge in [-0.15, -0.1) is 0 Å². The fraction of sp³-hybridized carbons (Fsp3) is 0.250. The van der Waals surface area contributed by atoms with Crippen molar-refractivity contribution in [3.8, 4) is 0 Å². The highest BCUT2D eigenvalue weighted by Crippen LogP contribution is 2.30. The molecule has 27 heavy (non-hydrogen) atoms. The van der Waals surface area contributed by atoms with Crippen LogP contribution in [0.4, 0.5) is 15.8 Å². The Morgan fingerprint density at radius 3 is 2.63 bits per heavy atom. The van der Waals surface area contributed by atoms with E-state index in [4.69, 9.17) is 0 Å². The number of amides is 1. The number of halogens is 1. The van der Waals surface area contributed by atoms with E-state index in [1.54, 1.807) is 43.3 Å². The minimum absolute atomic E-state index is 0.132. The van der Waals surface area contributed by atoms with Crippen LogP contribution >= 0.6 is 0 Å². The number of hydrogen-bond donors (Lipinski definition) is 1. The lowest BCUT2D eigenvalue weighted by Gasteiger charge is -2.20. The molecule has 1 fully saturated rings. The summed E-state index contributed by atoms with van der Waals surface area (Å²) < 4.78 is 39.5. The van der Waals surface area contributed by atoms with E-state index in [2.05, 4.69) is 5.32 Å². The van der Waals surface area contributed by atoms with Crippen LogP contribution in [-0.2, 0) is 14.8 Å². The van der Waals surface area contributed by atoms with Gasteiger partial charge in [0.25, 0.3) is 5.91 Å². The van der Waals surface area contributed by atoms with Gasteiger partial charge in [0.15, 0.2) is 0 Å². The maximum absolute atomic E-state index is 13.7. The van der Waals surface area contributed by atoms with Crippen molar-refractivity contribution >= 4 is 33.4 Å². The van der Waals surface area contributed by atoms with Gasteiger partial charge in [0, 0.05) is 23.4 Å². The Bertz CT molecular complexity index is 1020. The fourth-order valence-electron chi connectivity index (χ4n) is 2.99. The first-order valence-electron chi connectivity index (χ1n) is 8.63. The smallest absolute Gasteiger partial charge is 0.251 e. The lowest BCUT2D eigenvalue weighted by Crippen LogP contribution is -2.26. The number of carbonyl (C=O) groups is 1. The predicted octanol–water partition coefficient (Wildman–Crippen LogP) is 3.72. The predicted molar refractivity (Wildman–Crippen MR) is 106 cm³/mol. The van der Waals surface area contributed by atoms with Crippen molar-refractivity contribution in [2.75, 3.05) is 21.9 Å². The van der Waals surface area contributed by atoms with Gasteiger partial charge >= 0.3 is 0 Å². The van der Waals surface area contributed by atoms with Gasteiger partial charge in [0.1, 0.15) is 5.82 Å². The molecular formula is C20H21FN2O3S. The van der Waals surface area contributed by atoms with Crippen LogP contribution in [-0.4, -0.2) is 26.6 Å². The third-order valence-electron chi connectivity index (χ3n) is 4.47. The van der Waals surface area contributed by atoms with Crippen molar-refractivity contribution in [2.45, 2.75) is 20.3 Å². The minimum atomic E-state index is -3.30. The van der Waals surface area contributed by atoms with Gasteiger partial charge in [-0.05, 0) is 50.1 Å². The van der Waals surface area contributed by atoms with E-state index in [-0.39, 0.29) is 11.7 Å². The normalized spacial score (nSPS) is 16.4. The third kappa shape index (κ3) is 4.19. The number of benzene rings is 2. The number of carbonyl (C=O) groups excluding carboxylic acids is 1. The Balaban J connectivity index is 1.83. The summed E-state index contributed by atoms with van der Waals surface area (Å²) in [6.07, 6.45) is 2.06. The molecule has 2 aromatic carbocycles. The van der Waals surface area contributed by atoms with Gasteiger partial charge in [-0.1, -0.05) is 24.3 Å². The highest BCUT2D eigenvalue weighted by atomic mass is 32.2. The van der Waals surface area contributed by atoms with Crippen molar-refractivity contribution in [2.24, 2.45) is 0 Å². The highest BCUT2D eigenvalue weighted by molar-refractivity contribution is 7.93. The molecule has 5 nitrogen and oxygen atoms in total. The minimum Gasteiger partial charge on any atom is -0.322 e. The summed E-state index contributed by atoms with van der Waals surface area (Å²) in [6.45, 7) is 3.87. The molecular weight excluding hydrogens is 367 g/mol. The molecule has 0 radical (unpaired) electrons. The quantitative estimate of drug-likeness (QED) is 0.812. The van der Waals surface area contributed by atoms with E-state index in [0.29, 0.717) is 35.5 Å². The zero-order chi connectivity index (χ0) is 19.6.